The molecule has 7 heteroatoms. The van der Waals surface area contributed by atoms with E-state index in [2.05, 4.69) is 41.5 Å². The molecule has 0 aliphatic rings. The predicted octanol–water partition coefficient (Wildman–Crippen LogP) is 5.43. The van der Waals surface area contributed by atoms with Crippen LogP contribution in [0.1, 0.15) is 47.9 Å². The Morgan fingerprint density at radius 2 is 1.87 bits per heavy atom. The van der Waals surface area contributed by atoms with Gasteiger partial charge in [0.05, 0.1) is 5.75 Å². The topological polar surface area (TPSA) is 77.2 Å². The zero-order chi connectivity index (χ0) is 21.7. The summed E-state index contributed by atoms with van der Waals surface area (Å²) >= 11 is 1.20. The number of benzene rings is 2. The van der Waals surface area contributed by atoms with Gasteiger partial charge >= 0.3 is 0 Å². The van der Waals surface area contributed by atoms with E-state index in [1.54, 1.807) is 0 Å². The fraction of sp³-hybridized carbons (Fsp3) is 0.348. The standard InChI is InChI=1S/C23H27N3O3S/c1-14(2)18-10-9-15(3)11-19(18)28-12-21-25-26-23(29-21)30-13-20(27)24-22-16(4)7-6-8-17(22)5/h6-11,14H,12-13H2,1-5H3,(H,24,27). The number of rotatable bonds is 8. The van der Waals surface area contributed by atoms with Crippen LogP contribution in [0.4, 0.5) is 5.69 Å². The molecular formula is C23H27N3O3S. The van der Waals surface area contributed by atoms with Crippen LogP contribution in [-0.4, -0.2) is 21.9 Å². The molecule has 0 saturated heterocycles. The molecule has 0 saturated carbocycles. The Bertz CT molecular complexity index is 1010. The highest BCUT2D eigenvalue weighted by molar-refractivity contribution is 7.99. The van der Waals surface area contributed by atoms with Crippen molar-refractivity contribution in [1.82, 2.24) is 10.2 Å². The Hall–Kier alpha value is -2.80. The number of hydrogen-bond donors (Lipinski definition) is 1. The summed E-state index contributed by atoms with van der Waals surface area (Å²) in [6.45, 7) is 10.4. The van der Waals surface area contributed by atoms with Gasteiger partial charge in [0.1, 0.15) is 5.75 Å². The number of nitrogens with one attached hydrogen (secondary N) is 1. The van der Waals surface area contributed by atoms with Crippen molar-refractivity contribution in [2.75, 3.05) is 11.1 Å². The molecule has 0 aliphatic carbocycles. The van der Waals surface area contributed by atoms with E-state index >= 15 is 0 Å². The maximum Gasteiger partial charge on any atom is 0.277 e. The highest BCUT2D eigenvalue weighted by Crippen LogP contribution is 2.28. The van der Waals surface area contributed by atoms with Crippen LogP contribution in [0, 0.1) is 20.8 Å². The van der Waals surface area contributed by atoms with Crippen LogP contribution < -0.4 is 10.1 Å². The summed E-state index contributed by atoms with van der Waals surface area (Å²) in [4.78, 5) is 12.3. The van der Waals surface area contributed by atoms with E-state index in [9.17, 15) is 4.79 Å². The van der Waals surface area contributed by atoms with E-state index in [1.807, 2.05) is 45.0 Å². The molecule has 0 unspecified atom stereocenters. The van der Waals surface area contributed by atoms with E-state index in [0.29, 0.717) is 17.0 Å². The van der Waals surface area contributed by atoms with Crippen LogP contribution >= 0.6 is 11.8 Å². The van der Waals surface area contributed by atoms with Crippen LogP contribution in [0.3, 0.4) is 0 Å². The molecule has 0 bridgehead atoms. The van der Waals surface area contributed by atoms with Crippen molar-refractivity contribution in [3.8, 4) is 5.75 Å². The Balaban J connectivity index is 1.54. The zero-order valence-electron chi connectivity index (χ0n) is 18.0. The van der Waals surface area contributed by atoms with Gasteiger partial charge in [-0.15, -0.1) is 10.2 Å². The number of amides is 1. The minimum atomic E-state index is -0.116. The fourth-order valence-electron chi connectivity index (χ4n) is 3.05. The van der Waals surface area contributed by atoms with Crippen molar-refractivity contribution in [3.63, 3.8) is 0 Å². The van der Waals surface area contributed by atoms with E-state index in [-0.39, 0.29) is 18.3 Å². The summed E-state index contributed by atoms with van der Waals surface area (Å²) in [6, 6.07) is 12.1. The van der Waals surface area contributed by atoms with Crippen molar-refractivity contribution >= 4 is 23.4 Å². The first kappa shape index (κ1) is 21.9. The number of carbonyl (C=O) groups excluding carboxylic acids is 1. The lowest BCUT2D eigenvalue weighted by Crippen LogP contribution is -2.15. The van der Waals surface area contributed by atoms with Gasteiger partial charge in [0.2, 0.25) is 5.91 Å². The molecule has 3 rings (SSSR count). The van der Waals surface area contributed by atoms with Crippen LogP contribution in [0.2, 0.25) is 0 Å². The number of ether oxygens (including phenoxy) is 1. The highest BCUT2D eigenvalue weighted by Gasteiger charge is 2.14. The average molecular weight is 426 g/mol. The SMILES string of the molecule is Cc1ccc(C(C)C)c(OCc2nnc(SCC(=O)Nc3c(C)cccc3C)o2)c1. The Kier molecular flexibility index (Phi) is 7.15. The number of aryl methyl sites for hydroxylation is 3. The maximum absolute atomic E-state index is 12.3. The summed E-state index contributed by atoms with van der Waals surface area (Å²) in [7, 11) is 0. The molecule has 2 aromatic carbocycles. The summed E-state index contributed by atoms with van der Waals surface area (Å²) in [5.74, 6) is 1.62. The minimum Gasteiger partial charge on any atom is -0.484 e. The first-order chi connectivity index (χ1) is 14.3. The van der Waals surface area contributed by atoms with Crippen molar-refractivity contribution in [2.45, 2.75) is 52.4 Å². The molecule has 0 radical (unpaired) electrons. The number of hydrogen-bond acceptors (Lipinski definition) is 6. The number of anilines is 1. The third kappa shape index (κ3) is 5.63. The van der Waals surface area contributed by atoms with Crippen LogP contribution in [0.5, 0.6) is 5.75 Å². The summed E-state index contributed by atoms with van der Waals surface area (Å²) in [5.41, 5.74) is 5.18. The number of thioether (sulfide) groups is 1. The highest BCUT2D eigenvalue weighted by atomic mass is 32.2. The molecule has 3 aromatic rings. The van der Waals surface area contributed by atoms with Crippen LogP contribution in [0.25, 0.3) is 0 Å². The molecule has 1 N–H and O–H groups in total. The van der Waals surface area contributed by atoms with E-state index in [0.717, 1.165) is 33.7 Å². The Morgan fingerprint density at radius 3 is 2.57 bits per heavy atom. The van der Waals surface area contributed by atoms with Crippen molar-refractivity contribution in [3.05, 3.63) is 64.5 Å². The largest absolute Gasteiger partial charge is 0.484 e. The molecule has 0 spiro atoms. The predicted molar refractivity (Wildman–Crippen MR) is 119 cm³/mol. The van der Waals surface area contributed by atoms with Gasteiger partial charge < -0.3 is 14.5 Å². The average Bonchev–Trinajstić information content (AvgIpc) is 3.15. The molecule has 1 heterocycles. The Labute approximate surface area is 181 Å². The zero-order valence-corrected chi connectivity index (χ0v) is 18.8. The van der Waals surface area contributed by atoms with E-state index < -0.39 is 0 Å². The van der Waals surface area contributed by atoms with Gasteiger partial charge in [-0.1, -0.05) is 55.9 Å². The lowest BCUT2D eigenvalue weighted by atomic mass is 10.0. The molecule has 0 atom stereocenters. The van der Waals surface area contributed by atoms with Crippen LogP contribution in [0.15, 0.2) is 46.0 Å². The number of aromatic nitrogens is 2. The molecule has 158 valence electrons. The lowest BCUT2D eigenvalue weighted by Gasteiger charge is -2.13. The summed E-state index contributed by atoms with van der Waals surface area (Å²) in [5, 5.41) is 11.3. The number of para-hydroxylation sites is 1. The first-order valence-corrected chi connectivity index (χ1v) is 10.9. The fourth-order valence-corrected chi connectivity index (χ4v) is 3.63. The summed E-state index contributed by atoms with van der Waals surface area (Å²) in [6.07, 6.45) is 0. The van der Waals surface area contributed by atoms with Gasteiger partial charge in [-0.2, -0.15) is 0 Å². The monoisotopic (exact) mass is 425 g/mol. The lowest BCUT2D eigenvalue weighted by molar-refractivity contribution is -0.113. The molecule has 0 aliphatic heterocycles. The van der Waals surface area contributed by atoms with Gasteiger partial charge in [0.25, 0.3) is 11.1 Å². The van der Waals surface area contributed by atoms with Crippen molar-refractivity contribution in [2.24, 2.45) is 0 Å². The molecule has 1 aromatic heterocycles. The van der Waals surface area contributed by atoms with Gasteiger partial charge in [-0.3, -0.25) is 4.79 Å². The smallest absolute Gasteiger partial charge is 0.277 e. The van der Waals surface area contributed by atoms with Gasteiger partial charge in [0.15, 0.2) is 6.61 Å². The minimum absolute atomic E-state index is 0.116. The molecular weight excluding hydrogens is 398 g/mol. The molecule has 30 heavy (non-hydrogen) atoms. The third-order valence-corrected chi connectivity index (χ3v) is 5.48. The second-order valence-electron chi connectivity index (χ2n) is 7.55. The van der Waals surface area contributed by atoms with Gasteiger partial charge in [-0.25, -0.2) is 0 Å². The van der Waals surface area contributed by atoms with Crippen molar-refractivity contribution in [1.29, 1.82) is 0 Å². The van der Waals surface area contributed by atoms with Crippen LogP contribution in [-0.2, 0) is 11.4 Å². The van der Waals surface area contributed by atoms with Gasteiger partial charge in [-0.05, 0) is 55.0 Å². The second kappa shape index (κ2) is 9.80. The second-order valence-corrected chi connectivity index (χ2v) is 8.48. The Morgan fingerprint density at radius 1 is 1.13 bits per heavy atom. The summed E-state index contributed by atoms with van der Waals surface area (Å²) < 4.78 is 11.5. The normalized spacial score (nSPS) is 11.0. The number of carbonyl (C=O) groups is 1. The quantitative estimate of drug-likeness (QED) is 0.485. The van der Waals surface area contributed by atoms with Gasteiger partial charge in [0, 0.05) is 5.69 Å². The van der Waals surface area contributed by atoms with E-state index in [4.69, 9.17) is 9.15 Å². The van der Waals surface area contributed by atoms with E-state index in [1.165, 1.54) is 11.8 Å². The molecule has 6 nitrogen and oxygen atoms in total. The third-order valence-electron chi connectivity index (χ3n) is 4.66. The number of nitrogens with zero attached hydrogens (tertiary/aromatic N) is 2. The molecule has 1 amide bonds. The molecule has 0 fully saturated rings. The maximum atomic E-state index is 12.3. The van der Waals surface area contributed by atoms with Crippen molar-refractivity contribution < 1.29 is 13.9 Å². The first-order valence-electron chi connectivity index (χ1n) is 9.88.